The smallest absolute Gasteiger partial charge is 0.338 e. The van der Waals surface area contributed by atoms with Gasteiger partial charge in [0.05, 0.1) is 18.8 Å². The molecule has 2 amide bonds. The Morgan fingerprint density at radius 2 is 1.65 bits per heavy atom. The van der Waals surface area contributed by atoms with Crippen molar-refractivity contribution in [3.05, 3.63) is 59.7 Å². The summed E-state index contributed by atoms with van der Waals surface area (Å²) in [5.74, 6) is -0.933. The standard InChI is InChI=1S/C19H17NO6/c21-17(20-18(22)13-5-2-1-3-6-13)12-26-19(23)14-7-8-15-16(11-14)25-10-4-9-24-15/h1-3,5-8,11H,4,9-10,12H2,(H,20,21,22). The number of hydrogen-bond acceptors (Lipinski definition) is 6. The quantitative estimate of drug-likeness (QED) is 0.843. The summed E-state index contributed by atoms with van der Waals surface area (Å²) >= 11 is 0. The first-order valence-electron chi connectivity index (χ1n) is 8.09. The molecule has 0 atom stereocenters. The molecule has 3 rings (SSSR count). The molecule has 1 aliphatic rings. The summed E-state index contributed by atoms with van der Waals surface area (Å²) in [5, 5.41) is 2.16. The highest BCUT2D eigenvalue weighted by molar-refractivity contribution is 6.05. The number of amides is 2. The first kappa shape index (κ1) is 17.5. The van der Waals surface area contributed by atoms with Gasteiger partial charge in [0.2, 0.25) is 0 Å². The lowest BCUT2D eigenvalue weighted by Gasteiger charge is -2.09. The molecule has 0 radical (unpaired) electrons. The van der Waals surface area contributed by atoms with Gasteiger partial charge in [0, 0.05) is 12.0 Å². The van der Waals surface area contributed by atoms with E-state index in [1.54, 1.807) is 36.4 Å². The minimum absolute atomic E-state index is 0.233. The second-order valence-electron chi connectivity index (χ2n) is 5.53. The molecule has 1 N–H and O–H groups in total. The molecule has 0 saturated carbocycles. The number of rotatable bonds is 4. The molecule has 7 nitrogen and oxygen atoms in total. The van der Waals surface area contributed by atoms with Crippen LogP contribution in [0.15, 0.2) is 48.5 Å². The molecule has 1 heterocycles. The number of imide groups is 1. The fourth-order valence-electron chi connectivity index (χ4n) is 2.33. The Labute approximate surface area is 149 Å². The van der Waals surface area contributed by atoms with Crippen LogP contribution in [-0.4, -0.2) is 37.6 Å². The van der Waals surface area contributed by atoms with Crippen molar-refractivity contribution in [2.75, 3.05) is 19.8 Å². The topological polar surface area (TPSA) is 90.9 Å². The Hall–Kier alpha value is -3.35. The Bertz CT molecular complexity index is 818. The van der Waals surface area contributed by atoms with Crippen LogP contribution in [0.5, 0.6) is 11.5 Å². The number of ether oxygens (including phenoxy) is 3. The average Bonchev–Trinajstić information content (AvgIpc) is 2.91. The monoisotopic (exact) mass is 355 g/mol. The number of carbonyl (C=O) groups excluding carboxylic acids is 3. The van der Waals surface area contributed by atoms with E-state index in [1.807, 2.05) is 0 Å². The predicted octanol–water partition coefficient (Wildman–Crippen LogP) is 1.96. The molecule has 0 saturated heterocycles. The number of hydrogen-bond donors (Lipinski definition) is 1. The lowest BCUT2D eigenvalue weighted by Crippen LogP contribution is -2.34. The van der Waals surface area contributed by atoms with E-state index in [0.717, 1.165) is 6.42 Å². The minimum Gasteiger partial charge on any atom is -0.490 e. The molecule has 2 aromatic carbocycles. The second-order valence-corrected chi connectivity index (χ2v) is 5.53. The molecule has 0 bridgehead atoms. The Morgan fingerprint density at radius 1 is 0.923 bits per heavy atom. The zero-order valence-corrected chi connectivity index (χ0v) is 13.9. The summed E-state index contributed by atoms with van der Waals surface area (Å²) in [7, 11) is 0. The van der Waals surface area contributed by atoms with Crippen LogP contribution in [0, 0.1) is 0 Å². The molecule has 26 heavy (non-hydrogen) atoms. The van der Waals surface area contributed by atoms with Gasteiger partial charge < -0.3 is 14.2 Å². The molecule has 0 spiro atoms. The van der Waals surface area contributed by atoms with Gasteiger partial charge in [-0.05, 0) is 30.3 Å². The first-order valence-corrected chi connectivity index (χ1v) is 8.09. The van der Waals surface area contributed by atoms with Gasteiger partial charge in [-0.15, -0.1) is 0 Å². The maximum absolute atomic E-state index is 12.1. The van der Waals surface area contributed by atoms with Crippen LogP contribution in [-0.2, 0) is 9.53 Å². The Balaban J connectivity index is 1.54. The lowest BCUT2D eigenvalue weighted by atomic mass is 10.2. The molecular weight excluding hydrogens is 338 g/mol. The van der Waals surface area contributed by atoms with E-state index < -0.39 is 24.4 Å². The van der Waals surface area contributed by atoms with E-state index in [1.165, 1.54) is 12.1 Å². The summed E-state index contributed by atoms with van der Waals surface area (Å²) in [6, 6.07) is 12.9. The largest absolute Gasteiger partial charge is 0.490 e. The summed E-state index contributed by atoms with van der Waals surface area (Å²) in [6.07, 6.45) is 0.754. The fourth-order valence-corrected chi connectivity index (χ4v) is 2.33. The van der Waals surface area contributed by atoms with Crippen molar-refractivity contribution in [2.45, 2.75) is 6.42 Å². The Morgan fingerprint density at radius 3 is 2.42 bits per heavy atom. The third kappa shape index (κ3) is 4.38. The van der Waals surface area contributed by atoms with E-state index in [4.69, 9.17) is 14.2 Å². The molecule has 0 fully saturated rings. The normalized spacial score (nSPS) is 12.6. The summed E-state index contributed by atoms with van der Waals surface area (Å²) < 4.78 is 15.9. The zero-order valence-electron chi connectivity index (χ0n) is 13.9. The van der Waals surface area contributed by atoms with Gasteiger partial charge in [-0.25, -0.2) is 4.79 Å². The van der Waals surface area contributed by atoms with Crippen molar-refractivity contribution in [3.8, 4) is 11.5 Å². The van der Waals surface area contributed by atoms with Crippen molar-refractivity contribution in [3.63, 3.8) is 0 Å². The molecule has 7 heteroatoms. The number of benzene rings is 2. The van der Waals surface area contributed by atoms with Gasteiger partial charge in [-0.1, -0.05) is 18.2 Å². The Kier molecular flexibility index (Phi) is 5.48. The highest BCUT2D eigenvalue weighted by Gasteiger charge is 2.17. The van der Waals surface area contributed by atoms with Gasteiger partial charge in [0.25, 0.3) is 11.8 Å². The van der Waals surface area contributed by atoms with Gasteiger partial charge in [0.1, 0.15) is 0 Å². The molecule has 0 aliphatic carbocycles. The molecular formula is C19H17NO6. The van der Waals surface area contributed by atoms with Crippen LogP contribution in [0.1, 0.15) is 27.1 Å². The van der Waals surface area contributed by atoms with Crippen LogP contribution in [0.25, 0.3) is 0 Å². The van der Waals surface area contributed by atoms with Crippen molar-refractivity contribution in [1.29, 1.82) is 0 Å². The molecule has 0 aromatic heterocycles. The van der Waals surface area contributed by atoms with Crippen molar-refractivity contribution >= 4 is 17.8 Å². The predicted molar refractivity (Wildman–Crippen MR) is 91.2 cm³/mol. The van der Waals surface area contributed by atoms with E-state index in [0.29, 0.717) is 30.3 Å². The first-order chi connectivity index (χ1) is 12.6. The number of esters is 1. The van der Waals surface area contributed by atoms with Gasteiger partial charge >= 0.3 is 5.97 Å². The number of carbonyl (C=O) groups is 3. The molecule has 0 unspecified atom stereocenters. The molecule has 1 aliphatic heterocycles. The SMILES string of the molecule is O=C(COC(=O)c1ccc2c(c1)OCCCO2)NC(=O)c1ccccc1. The lowest BCUT2D eigenvalue weighted by molar-refractivity contribution is -0.123. The second kappa shape index (κ2) is 8.15. The van der Waals surface area contributed by atoms with E-state index in [2.05, 4.69) is 5.32 Å². The summed E-state index contributed by atoms with van der Waals surface area (Å²) in [5.41, 5.74) is 0.575. The van der Waals surface area contributed by atoms with E-state index in [9.17, 15) is 14.4 Å². The number of nitrogens with one attached hydrogen (secondary N) is 1. The van der Waals surface area contributed by atoms with Crippen LogP contribution < -0.4 is 14.8 Å². The minimum atomic E-state index is -0.707. The van der Waals surface area contributed by atoms with Crippen molar-refractivity contribution in [2.24, 2.45) is 0 Å². The molecule has 2 aromatic rings. The average molecular weight is 355 g/mol. The third-order valence-electron chi connectivity index (χ3n) is 3.61. The van der Waals surface area contributed by atoms with E-state index in [-0.39, 0.29) is 5.56 Å². The zero-order chi connectivity index (χ0) is 18.4. The summed E-state index contributed by atoms with van der Waals surface area (Å²) in [4.78, 5) is 35.7. The number of fused-ring (bicyclic) bond motifs is 1. The highest BCUT2D eigenvalue weighted by atomic mass is 16.5. The van der Waals surface area contributed by atoms with Gasteiger partial charge in [-0.3, -0.25) is 14.9 Å². The van der Waals surface area contributed by atoms with Crippen LogP contribution in [0.4, 0.5) is 0 Å². The summed E-state index contributed by atoms with van der Waals surface area (Å²) in [6.45, 7) is 0.480. The van der Waals surface area contributed by atoms with Gasteiger partial charge in [-0.2, -0.15) is 0 Å². The van der Waals surface area contributed by atoms with Crippen LogP contribution in [0.3, 0.4) is 0 Å². The van der Waals surface area contributed by atoms with E-state index >= 15 is 0 Å². The van der Waals surface area contributed by atoms with Crippen LogP contribution in [0.2, 0.25) is 0 Å². The fraction of sp³-hybridized carbons (Fsp3) is 0.211. The molecule has 134 valence electrons. The van der Waals surface area contributed by atoms with Crippen molar-refractivity contribution in [1.82, 2.24) is 5.32 Å². The highest BCUT2D eigenvalue weighted by Crippen LogP contribution is 2.30. The maximum Gasteiger partial charge on any atom is 0.338 e. The van der Waals surface area contributed by atoms with Gasteiger partial charge in [0.15, 0.2) is 18.1 Å². The van der Waals surface area contributed by atoms with Crippen molar-refractivity contribution < 1.29 is 28.6 Å². The van der Waals surface area contributed by atoms with Crippen LogP contribution >= 0.6 is 0 Å². The maximum atomic E-state index is 12.1. The third-order valence-corrected chi connectivity index (χ3v) is 3.61.